The van der Waals surface area contributed by atoms with Gasteiger partial charge in [0.2, 0.25) is 17.7 Å². The lowest BCUT2D eigenvalue weighted by Gasteiger charge is -2.41. The summed E-state index contributed by atoms with van der Waals surface area (Å²) in [6, 6.07) is 0. The second-order valence-corrected chi connectivity index (χ2v) is 7.56. The van der Waals surface area contributed by atoms with E-state index in [9.17, 15) is 9.59 Å². The monoisotopic (exact) mass is 388 g/mol. The highest BCUT2D eigenvalue weighted by atomic mass is 16.5. The summed E-state index contributed by atoms with van der Waals surface area (Å²) in [7, 11) is 1.52. The van der Waals surface area contributed by atoms with Crippen LogP contribution in [-0.2, 0) is 9.53 Å². The van der Waals surface area contributed by atoms with Crippen molar-refractivity contribution in [2.75, 3.05) is 39.9 Å². The van der Waals surface area contributed by atoms with Gasteiger partial charge in [0.15, 0.2) is 0 Å². The van der Waals surface area contributed by atoms with Crippen molar-refractivity contribution < 1.29 is 18.7 Å². The normalized spacial score (nSPS) is 21.4. The van der Waals surface area contributed by atoms with E-state index < -0.39 is 0 Å². The summed E-state index contributed by atoms with van der Waals surface area (Å²) in [5, 5.41) is 14.7. The van der Waals surface area contributed by atoms with Gasteiger partial charge in [-0.05, 0) is 12.8 Å². The van der Waals surface area contributed by atoms with Gasteiger partial charge < -0.3 is 19.0 Å². The Balaban J connectivity index is 1.53. The number of hydrogen-bond donors (Lipinski definition) is 1. The highest BCUT2D eigenvalue weighted by Crippen LogP contribution is 2.49. The molecular formula is C18H24N6O4. The molecule has 2 saturated heterocycles. The third-order valence-electron chi connectivity index (χ3n) is 5.90. The maximum Gasteiger partial charge on any atom is 0.257 e. The fraction of sp³-hybridized carbons (Fsp3) is 0.611. The van der Waals surface area contributed by atoms with E-state index >= 15 is 0 Å². The number of carbonyl (C=O) groups is 2. The second-order valence-electron chi connectivity index (χ2n) is 7.56. The largest absolute Gasteiger partial charge is 0.425 e. The summed E-state index contributed by atoms with van der Waals surface area (Å²) in [4.78, 5) is 28.7. The van der Waals surface area contributed by atoms with Crippen LogP contribution in [0.4, 0.5) is 0 Å². The maximum absolute atomic E-state index is 12.6. The molecule has 0 aromatic carbocycles. The number of aryl methyl sites for hydroxylation is 1. The van der Waals surface area contributed by atoms with E-state index in [4.69, 9.17) is 9.15 Å². The molecule has 150 valence electrons. The molecule has 2 amide bonds. The minimum Gasteiger partial charge on any atom is -0.425 e. The van der Waals surface area contributed by atoms with Crippen molar-refractivity contribution in [1.29, 1.82) is 0 Å². The number of amides is 2. The number of nitrogens with one attached hydrogen (secondary N) is 1. The predicted molar refractivity (Wildman–Crippen MR) is 96.4 cm³/mol. The zero-order valence-corrected chi connectivity index (χ0v) is 16.1. The highest BCUT2D eigenvalue weighted by Gasteiger charge is 2.52. The summed E-state index contributed by atoms with van der Waals surface area (Å²) in [5.41, 5.74) is 0.374. The number of likely N-dealkylation sites (tertiary alicyclic amines) is 2. The van der Waals surface area contributed by atoms with Crippen LogP contribution >= 0.6 is 0 Å². The first kappa shape index (κ1) is 18.6. The van der Waals surface area contributed by atoms with Crippen LogP contribution in [0.25, 0.3) is 0 Å². The molecule has 10 heteroatoms. The van der Waals surface area contributed by atoms with E-state index in [1.54, 1.807) is 13.1 Å². The number of hydrogen-bond acceptors (Lipinski definition) is 7. The molecule has 28 heavy (non-hydrogen) atoms. The molecule has 0 saturated carbocycles. The molecule has 0 radical (unpaired) electrons. The highest BCUT2D eigenvalue weighted by molar-refractivity contribution is 5.93. The molecule has 0 aliphatic carbocycles. The molecular weight excluding hydrogens is 364 g/mol. The lowest BCUT2D eigenvalue weighted by Crippen LogP contribution is -2.46. The quantitative estimate of drug-likeness (QED) is 0.815. The predicted octanol–water partition coefficient (Wildman–Crippen LogP) is 0.596. The van der Waals surface area contributed by atoms with Crippen LogP contribution in [0.3, 0.4) is 0 Å². The Hall–Kier alpha value is -2.75. The standard InChI is InChI=1S/C18H24N6O4/c1-12-21-22-16(28-12)14-9-24(15(25)10-27-2)11-18(14)3-5-23(6-4-18)17(26)13-7-19-20-8-13/h7-8,14H,3-6,9-11H2,1-2H3,(H,19,20). The van der Waals surface area contributed by atoms with Gasteiger partial charge in [-0.1, -0.05) is 0 Å². The average molecular weight is 388 g/mol. The Morgan fingerprint density at radius 1 is 1.32 bits per heavy atom. The van der Waals surface area contributed by atoms with Gasteiger partial charge in [-0.15, -0.1) is 10.2 Å². The third-order valence-corrected chi connectivity index (χ3v) is 5.90. The van der Waals surface area contributed by atoms with Crippen LogP contribution in [-0.4, -0.2) is 81.9 Å². The Bertz CT molecular complexity index is 840. The SMILES string of the molecule is COCC(=O)N1CC(c2nnc(C)o2)C2(CCN(C(=O)c3cn[nH]c3)CC2)C1. The fourth-order valence-corrected chi connectivity index (χ4v) is 4.38. The number of piperidine rings is 1. The van der Waals surface area contributed by atoms with E-state index in [1.165, 1.54) is 13.3 Å². The average Bonchev–Trinajstić information content (AvgIpc) is 3.42. The minimum absolute atomic E-state index is 0.0286. The van der Waals surface area contributed by atoms with E-state index in [1.807, 2.05) is 9.80 Å². The van der Waals surface area contributed by atoms with Gasteiger partial charge in [-0.2, -0.15) is 5.10 Å². The fourth-order valence-electron chi connectivity index (χ4n) is 4.38. The summed E-state index contributed by atoms with van der Waals surface area (Å²) in [6.45, 7) is 4.17. The van der Waals surface area contributed by atoms with Crippen LogP contribution in [0, 0.1) is 12.3 Å². The number of aromatic amines is 1. The number of rotatable bonds is 4. The van der Waals surface area contributed by atoms with Crippen molar-refractivity contribution in [1.82, 2.24) is 30.2 Å². The number of aromatic nitrogens is 4. The number of H-pyrrole nitrogens is 1. The van der Waals surface area contributed by atoms with Gasteiger partial charge in [0, 0.05) is 51.8 Å². The third kappa shape index (κ3) is 3.28. The van der Waals surface area contributed by atoms with Crippen molar-refractivity contribution in [3.8, 4) is 0 Å². The lowest BCUT2D eigenvalue weighted by atomic mass is 9.70. The first-order chi connectivity index (χ1) is 13.5. The molecule has 1 atom stereocenters. The van der Waals surface area contributed by atoms with Crippen molar-refractivity contribution in [2.45, 2.75) is 25.7 Å². The number of nitrogens with zero attached hydrogens (tertiary/aromatic N) is 5. The number of carbonyl (C=O) groups excluding carboxylic acids is 2. The summed E-state index contributed by atoms with van der Waals surface area (Å²) >= 11 is 0. The first-order valence-electron chi connectivity index (χ1n) is 9.37. The minimum atomic E-state index is -0.185. The molecule has 2 aromatic heterocycles. The van der Waals surface area contributed by atoms with E-state index in [-0.39, 0.29) is 29.8 Å². The van der Waals surface area contributed by atoms with E-state index in [0.717, 1.165) is 12.8 Å². The Morgan fingerprint density at radius 3 is 2.71 bits per heavy atom. The number of methoxy groups -OCH3 is 1. The maximum atomic E-state index is 12.6. The molecule has 2 aliphatic rings. The molecule has 4 rings (SSSR count). The second kappa shape index (κ2) is 7.34. The zero-order chi connectivity index (χ0) is 19.7. The first-order valence-corrected chi connectivity index (χ1v) is 9.37. The van der Waals surface area contributed by atoms with E-state index in [0.29, 0.717) is 43.5 Å². The lowest BCUT2D eigenvalue weighted by molar-refractivity contribution is -0.134. The summed E-state index contributed by atoms with van der Waals surface area (Å²) in [5.74, 6) is 0.969. The van der Waals surface area contributed by atoms with Crippen molar-refractivity contribution in [2.24, 2.45) is 5.41 Å². The summed E-state index contributed by atoms with van der Waals surface area (Å²) in [6.07, 6.45) is 4.67. The van der Waals surface area contributed by atoms with Crippen LogP contribution in [0.5, 0.6) is 0 Å². The molecule has 10 nitrogen and oxygen atoms in total. The van der Waals surface area contributed by atoms with Crippen molar-refractivity contribution in [3.05, 3.63) is 29.7 Å². The molecule has 4 heterocycles. The van der Waals surface area contributed by atoms with Crippen molar-refractivity contribution >= 4 is 11.8 Å². The van der Waals surface area contributed by atoms with Gasteiger partial charge in [0.1, 0.15) is 6.61 Å². The van der Waals surface area contributed by atoms with Crippen LogP contribution in [0.1, 0.15) is 40.9 Å². The molecule has 2 aromatic rings. The zero-order valence-electron chi connectivity index (χ0n) is 16.1. The van der Waals surface area contributed by atoms with Gasteiger partial charge in [-0.3, -0.25) is 14.7 Å². The van der Waals surface area contributed by atoms with Crippen LogP contribution < -0.4 is 0 Å². The topological polar surface area (TPSA) is 117 Å². The molecule has 1 N–H and O–H groups in total. The Labute approximate surface area is 162 Å². The number of ether oxygens (including phenoxy) is 1. The van der Waals surface area contributed by atoms with Gasteiger partial charge in [0.05, 0.1) is 17.7 Å². The molecule has 1 spiro atoms. The molecule has 2 fully saturated rings. The Morgan fingerprint density at radius 2 is 2.11 bits per heavy atom. The van der Waals surface area contributed by atoms with E-state index in [2.05, 4.69) is 20.4 Å². The van der Waals surface area contributed by atoms with Gasteiger partial charge in [0.25, 0.3) is 5.91 Å². The Kier molecular flexibility index (Phi) is 4.88. The van der Waals surface area contributed by atoms with Crippen LogP contribution in [0.15, 0.2) is 16.8 Å². The molecule has 1 unspecified atom stereocenters. The summed E-state index contributed by atoms with van der Waals surface area (Å²) < 4.78 is 10.8. The molecule has 0 bridgehead atoms. The smallest absolute Gasteiger partial charge is 0.257 e. The van der Waals surface area contributed by atoms with Crippen LogP contribution in [0.2, 0.25) is 0 Å². The van der Waals surface area contributed by atoms with Crippen molar-refractivity contribution in [3.63, 3.8) is 0 Å². The molecule has 2 aliphatic heterocycles. The van der Waals surface area contributed by atoms with Gasteiger partial charge in [-0.25, -0.2) is 0 Å². The van der Waals surface area contributed by atoms with Gasteiger partial charge >= 0.3 is 0 Å².